The van der Waals surface area contributed by atoms with Crippen LogP contribution in [0.5, 0.6) is 5.88 Å². The molecule has 1 aromatic heterocycles. The number of rotatable bonds is 2. The minimum atomic E-state index is 0.355. The summed E-state index contributed by atoms with van der Waals surface area (Å²) in [5, 5.41) is 3.34. The first-order valence-electron chi connectivity index (χ1n) is 6.28. The second kappa shape index (κ2) is 4.42. The number of pyridine rings is 1. The van der Waals surface area contributed by atoms with Crippen LogP contribution in [0.4, 0.5) is 0 Å². The van der Waals surface area contributed by atoms with Crippen molar-refractivity contribution in [2.45, 2.75) is 38.2 Å². The lowest BCUT2D eigenvalue weighted by atomic mass is 10.1. The fourth-order valence-corrected chi connectivity index (χ4v) is 2.55. The lowest BCUT2D eigenvalue weighted by Crippen LogP contribution is -2.34. The Morgan fingerprint density at radius 1 is 1.19 bits per heavy atom. The van der Waals surface area contributed by atoms with Crippen molar-refractivity contribution in [2.75, 3.05) is 13.1 Å². The predicted molar refractivity (Wildman–Crippen MR) is 62.8 cm³/mol. The van der Waals surface area contributed by atoms with Gasteiger partial charge in [0.05, 0.1) is 0 Å². The van der Waals surface area contributed by atoms with Gasteiger partial charge in [-0.3, -0.25) is 0 Å². The van der Waals surface area contributed by atoms with E-state index >= 15 is 0 Å². The highest BCUT2D eigenvalue weighted by atomic mass is 16.5. The van der Waals surface area contributed by atoms with Gasteiger partial charge in [0.1, 0.15) is 6.10 Å². The molecule has 0 radical (unpaired) electrons. The largest absolute Gasteiger partial charge is 0.474 e. The summed E-state index contributed by atoms with van der Waals surface area (Å²) in [7, 11) is 0. The van der Waals surface area contributed by atoms with Gasteiger partial charge in [-0.2, -0.15) is 0 Å². The fourth-order valence-electron chi connectivity index (χ4n) is 2.55. The van der Waals surface area contributed by atoms with Crippen molar-refractivity contribution in [3.63, 3.8) is 0 Å². The van der Waals surface area contributed by atoms with E-state index in [4.69, 9.17) is 4.74 Å². The van der Waals surface area contributed by atoms with Crippen LogP contribution in [0.25, 0.3) is 0 Å². The predicted octanol–water partition coefficient (Wildman–Crippen LogP) is 1.70. The molecular formula is C13H18N2O. The maximum absolute atomic E-state index is 5.93. The molecule has 1 aromatic rings. The van der Waals surface area contributed by atoms with Gasteiger partial charge < -0.3 is 10.1 Å². The van der Waals surface area contributed by atoms with Crippen LogP contribution in [0.1, 0.15) is 30.5 Å². The Kier molecular flexibility index (Phi) is 2.79. The van der Waals surface area contributed by atoms with Crippen LogP contribution in [0, 0.1) is 0 Å². The van der Waals surface area contributed by atoms with E-state index in [1.54, 1.807) is 0 Å². The summed E-state index contributed by atoms with van der Waals surface area (Å²) in [6, 6.07) is 4.22. The van der Waals surface area contributed by atoms with E-state index in [9.17, 15) is 0 Å². The quantitative estimate of drug-likeness (QED) is 0.820. The molecule has 0 bridgehead atoms. The Labute approximate surface area is 96.2 Å². The Bertz CT molecular complexity index is 372. The van der Waals surface area contributed by atoms with E-state index in [1.807, 2.05) is 6.07 Å². The molecule has 1 fully saturated rings. The topological polar surface area (TPSA) is 34.1 Å². The molecule has 0 saturated carbocycles. The van der Waals surface area contributed by atoms with Crippen LogP contribution in [-0.2, 0) is 12.8 Å². The summed E-state index contributed by atoms with van der Waals surface area (Å²) in [5.41, 5.74) is 2.67. The molecule has 2 aliphatic rings. The van der Waals surface area contributed by atoms with Crippen LogP contribution in [0.15, 0.2) is 12.1 Å². The summed E-state index contributed by atoms with van der Waals surface area (Å²) in [6.07, 6.45) is 6.11. The minimum Gasteiger partial charge on any atom is -0.474 e. The molecule has 3 heteroatoms. The lowest BCUT2D eigenvalue weighted by molar-refractivity contribution is 0.155. The van der Waals surface area contributed by atoms with Crippen molar-refractivity contribution < 1.29 is 4.74 Å². The summed E-state index contributed by atoms with van der Waals surface area (Å²) in [6.45, 7) is 2.13. The number of nitrogens with one attached hydrogen (secondary N) is 1. The van der Waals surface area contributed by atoms with E-state index in [-0.39, 0.29) is 0 Å². The number of nitrogens with zero attached hydrogens (tertiary/aromatic N) is 1. The number of piperidine rings is 1. The van der Waals surface area contributed by atoms with Crippen molar-refractivity contribution in [2.24, 2.45) is 0 Å². The van der Waals surface area contributed by atoms with Gasteiger partial charge in [-0.05, 0) is 50.8 Å². The Hall–Kier alpha value is -1.09. The molecule has 0 atom stereocenters. The van der Waals surface area contributed by atoms with E-state index in [1.165, 1.54) is 24.1 Å². The molecule has 0 unspecified atom stereocenters. The number of fused-ring (bicyclic) bond motifs is 1. The molecule has 2 heterocycles. The van der Waals surface area contributed by atoms with Gasteiger partial charge in [0.25, 0.3) is 0 Å². The van der Waals surface area contributed by atoms with Gasteiger partial charge >= 0.3 is 0 Å². The second-order valence-corrected chi connectivity index (χ2v) is 4.68. The fraction of sp³-hybridized carbons (Fsp3) is 0.615. The highest BCUT2D eigenvalue weighted by Crippen LogP contribution is 2.23. The lowest BCUT2D eigenvalue weighted by Gasteiger charge is -2.23. The minimum absolute atomic E-state index is 0.355. The molecule has 0 amide bonds. The van der Waals surface area contributed by atoms with Crippen molar-refractivity contribution in [3.8, 4) is 5.88 Å². The van der Waals surface area contributed by atoms with E-state index in [0.29, 0.717) is 6.10 Å². The van der Waals surface area contributed by atoms with Gasteiger partial charge in [-0.15, -0.1) is 0 Å². The molecule has 3 rings (SSSR count). The Morgan fingerprint density at radius 2 is 2.06 bits per heavy atom. The van der Waals surface area contributed by atoms with Crippen LogP contribution in [0.3, 0.4) is 0 Å². The monoisotopic (exact) mass is 218 g/mol. The van der Waals surface area contributed by atoms with Gasteiger partial charge in [0, 0.05) is 11.8 Å². The third kappa shape index (κ3) is 2.05. The number of hydrogen-bond acceptors (Lipinski definition) is 3. The van der Waals surface area contributed by atoms with E-state index in [2.05, 4.69) is 16.4 Å². The highest BCUT2D eigenvalue weighted by Gasteiger charge is 2.17. The zero-order valence-corrected chi connectivity index (χ0v) is 9.54. The third-order valence-electron chi connectivity index (χ3n) is 3.48. The average molecular weight is 218 g/mol. The molecule has 86 valence electrons. The normalized spacial score (nSPS) is 20.8. The number of hydrogen-bond donors (Lipinski definition) is 1. The average Bonchev–Trinajstić information content (AvgIpc) is 2.77. The molecule has 1 N–H and O–H groups in total. The first-order valence-corrected chi connectivity index (χ1v) is 6.28. The summed E-state index contributed by atoms with van der Waals surface area (Å²) < 4.78 is 5.93. The summed E-state index contributed by atoms with van der Waals surface area (Å²) in [4.78, 5) is 4.60. The molecule has 1 aliphatic carbocycles. The van der Waals surface area contributed by atoms with Gasteiger partial charge in [0.2, 0.25) is 5.88 Å². The zero-order valence-electron chi connectivity index (χ0n) is 9.54. The number of ether oxygens (including phenoxy) is 1. The zero-order chi connectivity index (χ0) is 10.8. The molecule has 0 spiro atoms. The number of aryl methyl sites for hydroxylation is 2. The number of aromatic nitrogens is 1. The first kappa shape index (κ1) is 10.1. The van der Waals surface area contributed by atoms with Crippen molar-refractivity contribution in [1.82, 2.24) is 10.3 Å². The highest BCUT2D eigenvalue weighted by molar-refractivity contribution is 5.29. The molecule has 3 nitrogen and oxygen atoms in total. The molecule has 0 aromatic carbocycles. The van der Waals surface area contributed by atoms with Gasteiger partial charge in [-0.25, -0.2) is 4.98 Å². The Morgan fingerprint density at radius 3 is 2.94 bits per heavy atom. The van der Waals surface area contributed by atoms with Crippen LogP contribution >= 0.6 is 0 Å². The molecular weight excluding hydrogens is 200 g/mol. The smallest absolute Gasteiger partial charge is 0.213 e. The first-order chi connectivity index (χ1) is 7.92. The van der Waals surface area contributed by atoms with Crippen LogP contribution in [0.2, 0.25) is 0 Å². The summed E-state index contributed by atoms with van der Waals surface area (Å²) >= 11 is 0. The standard InChI is InChI=1S/C13H18N2O/c1-2-10-4-5-13(15-12(10)3-1)16-11-6-8-14-9-7-11/h4-5,11,14H,1-3,6-9H2. The third-order valence-corrected chi connectivity index (χ3v) is 3.48. The maximum Gasteiger partial charge on any atom is 0.213 e. The Balaban J connectivity index is 1.69. The van der Waals surface area contributed by atoms with Crippen LogP contribution in [-0.4, -0.2) is 24.2 Å². The van der Waals surface area contributed by atoms with Gasteiger partial charge in [-0.1, -0.05) is 6.07 Å². The maximum atomic E-state index is 5.93. The van der Waals surface area contributed by atoms with Crippen LogP contribution < -0.4 is 10.1 Å². The van der Waals surface area contributed by atoms with Crippen molar-refractivity contribution >= 4 is 0 Å². The second-order valence-electron chi connectivity index (χ2n) is 4.68. The van der Waals surface area contributed by atoms with Gasteiger partial charge in [0.15, 0.2) is 0 Å². The van der Waals surface area contributed by atoms with E-state index in [0.717, 1.165) is 38.2 Å². The van der Waals surface area contributed by atoms with E-state index < -0.39 is 0 Å². The van der Waals surface area contributed by atoms with Crippen molar-refractivity contribution in [3.05, 3.63) is 23.4 Å². The molecule has 1 aliphatic heterocycles. The molecule has 16 heavy (non-hydrogen) atoms. The SMILES string of the molecule is c1cc2c(nc1OC1CCNCC1)CCC2. The molecule has 1 saturated heterocycles. The van der Waals surface area contributed by atoms with Crippen molar-refractivity contribution in [1.29, 1.82) is 0 Å². The summed E-state index contributed by atoms with van der Waals surface area (Å²) in [5.74, 6) is 0.826.